The Hall–Kier alpha value is -3.60. The van der Waals surface area contributed by atoms with Crippen LogP contribution in [0.25, 0.3) is 11.0 Å². The van der Waals surface area contributed by atoms with E-state index in [1.165, 1.54) is 13.1 Å². The summed E-state index contributed by atoms with van der Waals surface area (Å²) in [5.41, 5.74) is 0.760. The van der Waals surface area contributed by atoms with E-state index in [0.717, 1.165) is 0 Å². The highest BCUT2D eigenvalue weighted by molar-refractivity contribution is 5.92. The lowest BCUT2D eigenvalue weighted by Gasteiger charge is -2.36. The Kier molecular flexibility index (Phi) is 13.9. The van der Waals surface area contributed by atoms with Crippen molar-refractivity contribution in [2.75, 3.05) is 50.5 Å². The van der Waals surface area contributed by atoms with E-state index in [2.05, 4.69) is 30.5 Å². The fourth-order valence-electron chi connectivity index (χ4n) is 3.76. The molecule has 0 unspecified atom stereocenters. The van der Waals surface area contributed by atoms with Crippen molar-refractivity contribution in [1.82, 2.24) is 25.2 Å². The van der Waals surface area contributed by atoms with Gasteiger partial charge in [-0.3, -0.25) is 14.5 Å². The summed E-state index contributed by atoms with van der Waals surface area (Å²) in [4.78, 5) is 37.9. The highest BCUT2D eigenvalue weighted by Gasteiger charge is 2.22. The zero-order chi connectivity index (χ0) is 28.8. The molecule has 3 N–H and O–H groups in total. The van der Waals surface area contributed by atoms with E-state index in [0.29, 0.717) is 49.5 Å². The average molecular weight is 534 g/mol. The van der Waals surface area contributed by atoms with Crippen molar-refractivity contribution in [2.45, 2.75) is 48.1 Å². The largest absolute Gasteiger partial charge is 0.369 e. The molecule has 210 valence electrons. The van der Waals surface area contributed by atoms with Gasteiger partial charge in [0.15, 0.2) is 11.6 Å². The molecule has 3 aromatic rings. The molecule has 2 aromatic heterocycles. The van der Waals surface area contributed by atoms with Crippen molar-refractivity contribution in [3.63, 3.8) is 0 Å². The highest BCUT2D eigenvalue weighted by Crippen LogP contribution is 2.23. The third-order valence-corrected chi connectivity index (χ3v) is 5.52. The molecule has 3 heterocycles. The third kappa shape index (κ3) is 7.70. The van der Waals surface area contributed by atoms with Crippen molar-refractivity contribution in [1.29, 1.82) is 0 Å². The molecule has 0 saturated carbocycles. The number of nitrogens with zero attached hydrogens (tertiary/aromatic N) is 4. The average Bonchev–Trinajstić information content (AvgIpc) is 2.97. The molecule has 1 aromatic carbocycles. The summed E-state index contributed by atoms with van der Waals surface area (Å²) in [6.45, 7) is 14.6. The molecule has 0 radical (unpaired) electrons. The normalized spacial score (nSPS) is 12.7. The van der Waals surface area contributed by atoms with Crippen LogP contribution in [0.5, 0.6) is 0 Å². The van der Waals surface area contributed by atoms with Crippen LogP contribution in [0.4, 0.5) is 20.3 Å². The molecule has 0 spiro atoms. The molecule has 11 heteroatoms. The standard InChI is InChI=1S/C21H23F2N7O2.3C2H6/c1-24-19-21(32)28-17-13(27-19)4-3-12(16(17)22)11-29-7-9-30(10-8-29)15-6-5-14(20(31)25-2)26-18(15)23;3*1-2/h3-6H,7-11H2,1-2H3,(H,24,27)(H,25,31)(H,28,32);3*1-2H3. The lowest BCUT2D eigenvalue weighted by atomic mass is 10.1. The second-order valence-corrected chi connectivity index (χ2v) is 7.45. The van der Waals surface area contributed by atoms with Crippen molar-refractivity contribution in [2.24, 2.45) is 0 Å². The molecule has 0 aliphatic carbocycles. The number of rotatable bonds is 5. The molecule has 1 aliphatic rings. The first-order chi connectivity index (χ1) is 18.4. The molecule has 1 fully saturated rings. The highest BCUT2D eigenvalue weighted by atomic mass is 19.1. The number of H-pyrrole nitrogens is 1. The fraction of sp³-hybridized carbons (Fsp3) is 0.481. The van der Waals surface area contributed by atoms with E-state index < -0.39 is 23.2 Å². The number of aromatic amines is 1. The summed E-state index contributed by atoms with van der Waals surface area (Å²) in [6, 6.07) is 6.38. The first kappa shape index (κ1) is 32.4. The summed E-state index contributed by atoms with van der Waals surface area (Å²) >= 11 is 0. The maximum atomic E-state index is 15.0. The van der Waals surface area contributed by atoms with Gasteiger partial charge in [0.1, 0.15) is 11.2 Å². The van der Waals surface area contributed by atoms with Crippen LogP contribution in [-0.4, -0.2) is 66.0 Å². The predicted octanol–water partition coefficient (Wildman–Crippen LogP) is 4.40. The Balaban J connectivity index is 0.00000112. The topological polar surface area (TPSA) is 106 Å². The number of piperazine rings is 1. The molecule has 38 heavy (non-hydrogen) atoms. The maximum absolute atomic E-state index is 15.0. The van der Waals surface area contributed by atoms with Crippen LogP contribution in [0, 0.1) is 11.8 Å². The van der Waals surface area contributed by atoms with Gasteiger partial charge >= 0.3 is 0 Å². The lowest BCUT2D eigenvalue weighted by Crippen LogP contribution is -2.46. The second kappa shape index (κ2) is 16.3. The minimum Gasteiger partial charge on any atom is -0.369 e. The molecule has 4 rings (SSSR count). The minimum absolute atomic E-state index is 0.0218. The minimum atomic E-state index is -0.697. The molecular formula is C27H41F2N7O2. The summed E-state index contributed by atoms with van der Waals surface area (Å²) in [5.74, 6) is -1.52. The number of hydrogen-bond donors (Lipinski definition) is 3. The van der Waals surface area contributed by atoms with Crippen molar-refractivity contribution in [3.05, 3.63) is 57.6 Å². The SMILES string of the molecule is CC.CC.CC.CNC(=O)c1ccc(N2CCN(Cc3ccc4nc(NC)c(=O)[nH]c4c3F)CC2)c(F)n1. The van der Waals surface area contributed by atoms with Gasteiger partial charge in [-0.1, -0.05) is 47.6 Å². The number of benzene rings is 1. The summed E-state index contributed by atoms with van der Waals surface area (Å²) < 4.78 is 29.4. The second-order valence-electron chi connectivity index (χ2n) is 7.45. The van der Waals surface area contributed by atoms with Gasteiger partial charge in [-0.25, -0.2) is 14.4 Å². The molecule has 1 aliphatic heterocycles. The zero-order valence-corrected chi connectivity index (χ0v) is 23.7. The van der Waals surface area contributed by atoms with Gasteiger partial charge in [0.25, 0.3) is 11.5 Å². The number of pyridine rings is 1. The molecule has 0 atom stereocenters. The van der Waals surface area contributed by atoms with Crippen LogP contribution in [0.1, 0.15) is 57.6 Å². The van der Waals surface area contributed by atoms with Crippen LogP contribution in [0.2, 0.25) is 0 Å². The summed E-state index contributed by atoms with van der Waals surface area (Å²) in [5, 5.41) is 5.09. The number of anilines is 2. The van der Waals surface area contributed by atoms with Crippen molar-refractivity contribution in [3.8, 4) is 0 Å². The zero-order valence-electron chi connectivity index (χ0n) is 23.7. The first-order valence-electron chi connectivity index (χ1n) is 13.2. The van der Waals surface area contributed by atoms with E-state index in [9.17, 15) is 14.0 Å². The lowest BCUT2D eigenvalue weighted by molar-refractivity contribution is 0.0957. The monoisotopic (exact) mass is 533 g/mol. The summed E-state index contributed by atoms with van der Waals surface area (Å²) in [6.07, 6.45) is 0. The number of carbonyl (C=O) groups excluding carboxylic acids is 1. The quantitative estimate of drug-likeness (QED) is 0.418. The summed E-state index contributed by atoms with van der Waals surface area (Å²) in [7, 11) is 3.03. The van der Waals surface area contributed by atoms with Gasteiger partial charge in [-0.05, 0) is 18.2 Å². The maximum Gasteiger partial charge on any atom is 0.291 e. The van der Waals surface area contributed by atoms with E-state index in [1.54, 1.807) is 25.2 Å². The Morgan fingerprint density at radius 2 is 1.58 bits per heavy atom. The predicted molar refractivity (Wildman–Crippen MR) is 151 cm³/mol. The molecule has 9 nitrogen and oxygen atoms in total. The third-order valence-electron chi connectivity index (χ3n) is 5.52. The number of carbonyl (C=O) groups is 1. The Morgan fingerprint density at radius 1 is 0.947 bits per heavy atom. The molecule has 1 amide bonds. The van der Waals surface area contributed by atoms with E-state index in [4.69, 9.17) is 0 Å². The van der Waals surface area contributed by atoms with Gasteiger partial charge in [-0.15, -0.1) is 0 Å². The van der Waals surface area contributed by atoms with Crippen molar-refractivity contribution >= 4 is 28.4 Å². The van der Waals surface area contributed by atoms with Crippen LogP contribution in [-0.2, 0) is 6.54 Å². The Labute approximate surface area is 223 Å². The van der Waals surface area contributed by atoms with Crippen LogP contribution < -0.4 is 21.1 Å². The van der Waals surface area contributed by atoms with Gasteiger partial charge in [0.05, 0.1) is 11.2 Å². The van der Waals surface area contributed by atoms with Crippen molar-refractivity contribution < 1.29 is 13.6 Å². The van der Waals surface area contributed by atoms with Gasteiger partial charge in [-0.2, -0.15) is 4.39 Å². The Bertz CT molecular complexity index is 1230. The first-order valence-corrected chi connectivity index (χ1v) is 13.2. The molecule has 1 saturated heterocycles. The fourth-order valence-corrected chi connectivity index (χ4v) is 3.76. The van der Waals surface area contributed by atoms with Crippen LogP contribution >= 0.6 is 0 Å². The van der Waals surface area contributed by atoms with Gasteiger partial charge in [0.2, 0.25) is 5.95 Å². The van der Waals surface area contributed by atoms with Gasteiger partial charge < -0.3 is 20.5 Å². The van der Waals surface area contributed by atoms with Gasteiger partial charge in [0, 0.05) is 52.4 Å². The number of amides is 1. The number of halogens is 2. The number of hydrogen-bond acceptors (Lipinski definition) is 7. The molecular weight excluding hydrogens is 492 g/mol. The van der Waals surface area contributed by atoms with E-state index >= 15 is 4.39 Å². The van der Waals surface area contributed by atoms with E-state index in [-0.39, 0.29) is 17.0 Å². The van der Waals surface area contributed by atoms with Crippen LogP contribution in [0.3, 0.4) is 0 Å². The Morgan fingerprint density at radius 3 is 2.13 bits per heavy atom. The number of nitrogens with one attached hydrogen (secondary N) is 3. The molecule has 0 bridgehead atoms. The number of fused-ring (bicyclic) bond motifs is 1. The number of aromatic nitrogens is 3. The smallest absolute Gasteiger partial charge is 0.291 e. The van der Waals surface area contributed by atoms with E-state index in [1.807, 2.05) is 46.4 Å². The van der Waals surface area contributed by atoms with Crippen LogP contribution in [0.15, 0.2) is 29.1 Å².